The Morgan fingerprint density at radius 2 is 0.810 bits per heavy atom. The highest BCUT2D eigenvalue weighted by Crippen LogP contribution is 2.11. The molecule has 0 aliphatic rings. The van der Waals surface area contributed by atoms with Crippen molar-refractivity contribution < 1.29 is 9.47 Å². The van der Waals surface area contributed by atoms with Gasteiger partial charge in [-0.1, -0.05) is 84.5 Å². The minimum absolute atomic E-state index is 0.756. The predicted octanol–water partition coefficient (Wildman–Crippen LogP) is 6.13. The third-order valence-corrected chi connectivity index (χ3v) is 3.86. The summed E-state index contributed by atoms with van der Waals surface area (Å²) in [6.07, 6.45) is 17.9. The Balaban J connectivity index is 2.90. The van der Waals surface area contributed by atoms with Gasteiger partial charge in [-0.3, -0.25) is 0 Å². The second-order valence-electron chi connectivity index (χ2n) is 6.11. The van der Waals surface area contributed by atoms with Crippen molar-refractivity contribution in [3.05, 3.63) is 0 Å². The summed E-state index contributed by atoms with van der Waals surface area (Å²) in [4.78, 5) is 0. The Labute approximate surface area is 134 Å². The van der Waals surface area contributed by atoms with Crippen molar-refractivity contribution in [1.82, 2.24) is 0 Å². The van der Waals surface area contributed by atoms with E-state index in [0.29, 0.717) is 0 Å². The van der Waals surface area contributed by atoms with Gasteiger partial charge in [0, 0.05) is 13.2 Å². The van der Waals surface area contributed by atoms with Crippen LogP contribution in [-0.4, -0.2) is 26.4 Å². The molecule has 0 heterocycles. The summed E-state index contributed by atoms with van der Waals surface area (Å²) in [6.45, 7) is 7.71. The molecule has 2 nitrogen and oxygen atoms in total. The van der Waals surface area contributed by atoms with Gasteiger partial charge in [-0.05, 0) is 12.8 Å². The average Bonchev–Trinajstić information content (AvgIpc) is 2.50. The Kier molecular flexibility index (Phi) is 19.8. The van der Waals surface area contributed by atoms with Gasteiger partial charge in [0.25, 0.3) is 0 Å². The fourth-order valence-corrected chi connectivity index (χ4v) is 2.51. The van der Waals surface area contributed by atoms with E-state index >= 15 is 0 Å². The van der Waals surface area contributed by atoms with Crippen LogP contribution in [0.4, 0.5) is 0 Å². The lowest BCUT2D eigenvalue weighted by Gasteiger charge is -2.05. The van der Waals surface area contributed by atoms with Gasteiger partial charge >= 0.3 is 0 Å². The van der Waals surface area contributed by atoms with E-state index in [1.807, 2.05) is 0 Å². The van der Waals surface area contributed by atoms with E-state index < -0.39 is 0 Å². The zero-order valence-electron chi connectivity index (χ0n) is 14.8. The molecule has 0 unspecified atom stereocenters. The van der Waals surface area contributed by atoms with Crippen LogP contribution in [0, 0.1) is 0 Å². The predicted molar refractivity (Wildman–Crippen MR) is 93.0 cm³/mol. The summed E-state index contributed by atoms with van der Waals surface area (Å²) in [5, 5.41) is 0. The van der Waals surface area contributed by atoms with Gasteiger partial charge in [-0.15, -0.1) is 0 Å². The second-order valence-corrected chi connectivity index (χ2v) is 6.11. The van der Waals surface area contributed by atoms with E-state index in [0.717, 1.165) is 32.8 Å². The van der Waals surface area contributed by atoms with E-state index in [1.165, 1.54) is 77.0 Å². The van der Waals surface area contributed by atoms with Crippen molar-refractivity contribution in [3.63, 3.8) is 0 Å². The SMILES string of the molecule is CCCCCCCCCCCCCCOCCOCCC. The molecule has 0 fully saturated rings. The van der Waals surface area contributed by atoms with Crippen LogP contribution in [0.15, 0.2) is 0 Å². The molecule has 0 amide bonds. The first kappa shape index (κ1) is 20.9. The van der Waals surface area contributed by atoms with Gasteiger partial charge in [-0.2, -0.15) is 0 Å². The molecule has 0 aromatic rings. The highest BCUT2D eigenvalue weighted by atomic mass is 16.5. The smallest absolute Gasteiger partial charge is 0.0700 e. The molecular formula is C19H40O2. The maximum Gasteiger partial charge on any atom is 0.0700 e. The lowest BCUT2D eigenvalue weighted by atomic mass is 10.1. The van der Waals surface area contributed by atoms with E-state index in [1.54, 1.807) is 0 Å². The minimum Gasteiger partial charge on any atom is -0.379 e. The van der Waals surface area contributed by atoms with Crippen LogP contribution in [0.5, 0.6) is 0 Å². The normalized spacial score (nSPS) is 11.1. The van der Waals surface area contributed by atoms with Crippen molar-refractivity contribution in [2.75, 3.05) is 26.4 Å². The molecule has 0 aliphatic carbocycles. The molecule has 128 valence electrons. The number of rotatable bonds is 18. The molecule has 0 atom stereocenters. The maximum atomic E-state index is 5.55. The van der Waals surface area contributed by atoms with Gasteiger partial charge in [0.15, 0.2) is 0 Å². The third-order valence-electron chi connectivity index (χ3n) is 3.86. The number of hydrogen-bond donors (Lipinski definition) is 0. The van der Waals surface area contributed by atoms with Crippen LogP contribution < -0.4 is 0 Å². The molecule has 0 bridgehead atoms. The molecule has 0 radical (unpaired) electrons. The van der Waals surface area contributed by atoms with Crippen molar-refractivity contribution >= 4 is 0 Å². The molecule has 21 heavy (non-hydrogen) atoms. The molecule has 0 saturated carbocycles. The van der Waals surface area contributed by atoms with E-state index in [4.69, 9.17) is 9.47 Å². The summed E-state index contributed by atoms with van der Waals surface area (Å²) in [6, 6.07) is 0. The third kappa shape index (κ3) is 19.9. The number of unbranched alkanes of at least 4 members (excludes halogenated alkanes) is 11. The van der Waals surface area contributed by atoms with Crippen molar-refractivity contribution in [1.29, 1.82) is 0 Å². The Morgan fingerprint density at radius 3 is 1.29 bits per heavy atom. The molecule has 0 N–H and O–H groups in total. The number of ether oxygens (including phenoxy) is 2. The van der Waals surface area contributed by atoms with Crippen LogP contribution in [-0.2, 0) is 9.47 Å². The lowest BCUT2D eigenvalue weighted by Crippen LogP contribution is -2.05. The zero-order valence-corrected chi connectivity index (χ0v) is 14.8. The topological polar surface area (TPSA) is 18.5 Å². The Morgan fingerprint density at radius 1 is 0.381 bits per heavy atom. The van der Waals surface area contributed by atoms with Gasteiger partial charge in [0.2, 0.25) is 0 Å². The van der Waals surface area contributed by atoms with Gasteiger partial charge in [0.1, 0.15) is 0 Å². The Hall–Kier alpha value is -0.0800. The van der Waals surface area contributed by atoms with Crippen LogP contribution >= 0.6 is 0 Å². The average molecular weight is 301 g/mol. The highest BCUT2D eigenvalue weighted by molar-refractivity contribution is 4.48. The first-order valence-electron chi connectivity index (χ1n) is 9.57. The summed E-state index contributed by atoms with van der Waals surface area (Å²) in [5.41, 5.74) is 0. The summed E-state index contributed by atoms with van der Waals surface area (Å²) >= 11 is 0. The molecule has 0 aliphatic heterocycles. The van der Waals surface area contributed by atoms with Gasteiger partial charge < -0.3 is 9.47 Å². The lowest BCUT2D eigenvalue weighted by molar-refractivity contribution is 0.0465. The summed E-state index contributed by atoms with van der Waals surface area (Å²) in [7, 11) is 0. The molecule has 0 aromatic heterocycles. The van der Waals surface area contributed by atoms with E-state index in [9.17, 15) is 0 Å². The quantitative estimate of drug-likeness (QED) is 0.283. The summed E-state index contributed by atoms with van der Waals surface area (Å²) < 4.78 is 10.9. The monoisotopic (exact) mass is 300 g/mol. The standard InChI is InChI=1S/C19H40O2/c1-3-5-6-7-8-9-10-11-12-13-14-15-17-21-19-18-20-16-4-2/h3-19H2,1-2H3. The minimum atomic E-state index is 0.756. The Bertz CT molecular complexity index is 153. The van der Waals surface area contributed by atoms with Crippen molar-refractivity contribution in [2.24, 2.45) is 0 Å². The van der Waals surface area contributed by atoms with E-state index in [2.05, 4.69) is 13.8 Å². The molecule has 0 aromatic carbocycles. The molecule has 0 spiro atoms. The molecular weight excluding hydrogens is 260 g/mol. The first-order valence-corrected chi connectivity index (χ1v) is 9.57. The first-order chi connectivity index (χ1) is 10.4. The maximum absolute atomic E-state index is 5.55. The van der Waals surface area contributed by atoms with E-state index in [-0.39, 0.29) is 0 Å². The van der Waals surface area contributed by atoms with Gasteiger partial charge in [0.05, 0.1) is 13.2 Å². The molecule has 2 heteroatoms. The van der Waals surface area contributed by atoms with Crippen LogP contribution in [0.2, 0.25) is 0 Å². The van der Waals surface area contributed by atoms with Crippen LogP contribution in [0.25, 0.3) is 0 Å². The fraction of sp³-hybridized carbons (Fsp3) is 1.00. The van der Waals surface area contributed by atoms with Crippen molar-refractivity contribution in [2.45, 2.75) is 97.3 Å². The molecule has 0 rings (SSSR count). The largest absolute Gasteiger partial charge is 0.379 e. The molecule has 0 saturated heterocycles. The second kappa shape index (κ2) is 19.9. The van der Waals surface area contributed by atoms with Crippen molar-refractivity contribution in [3.8, 4) is 0 Å². The summed E-state index contributed by atoms with van der Waals surface area (Å²) in [5.74, 6) is 0. The van der Waals surface area contributed by atoms with Gasteiger partial charge in [-0.25, -0.2) is 0 Å². The zero-order chi connectivity index (χ0) is 15.4. The fourth-order valence-electron chi connectivity index (χ4n) is 2.51. The van der Waals surface area contributed by atoms with Crippen LogP contribution in [0.1, 0.15) is 97.3 Å². The number of hydrogen-bond acceptors (Lipinski definition) is 2. The van der Waals surface area contributed by atoms with Crippen LogP contribution in [0.3, 0.4) is 0 Å². The highest BCUT2D eigenvalue weighted by Gasteiger charge is 1.94.